The lowest BCUT2D eigenvalue weighted by Crippen LogP contribution is -2.26. The molecular weight excluding hydrogens is 442 g/mol. The van der Waals surface area contributed by atoms with Crippen LogP contribution in [0.15, 0.2) is 43.2 Å². The Labute approximate surface area is 188 Å². The van der Waals surface area contributed by atoms with E-state index in [0.29, 0.717) is 35.6 Å². The smallest absolute Gasteiger partial charge is 0.245 e. The number of anilines is 2. The van der Waals surface area contributed by atoms with Crippen LogP contribution in [0.3, 0.4) is 0 Å². The molecule has 4 rings (SSSR count). The summed E-state index contributed by atoms with van der Waals surface area (Å²) in [6.45, 7) is 4.76. The van der Waals surface area contributed by atoms with E-state index in [2.05, 4.69) is 21.9 Å². The van der Waals surface area contributed by atoms with Crippen LogP contribution in [-0.4, -0.2) is 41.0 Å². The number of nitrogens with zero attached hydrogens (tertiary/aromatic N) is 3. The third-order valence-corrected chi connectivity index (χ3v) is 6.17. The van der Waals surface area contributed by atoms with Crippen LogP contribution < -0.4 is 10.1 Å². The third-order valence-electron chi connectivity index (χ3n) is 5.39. The number of hydrogen-bond donors (Lipinski definition) is 1. The van der Waals surface area contributed by atoms with Gasteiger partial charge < -0.3 is 15.0 Å². The molecule has 0 radical (unpaired) electrons. The first kappa shape index (κ1) is 21.3. The Hall–Kier alpha value is -2.90. The quantitative estimate of drug-likeness (QED) is 0.411. The molecule has 2 aromatic carbocycles. The Morgan fingerprint density at radius 3 is 2.90 bits per heavy atom. The summed E-state index contributed by atoms with van der Waals surface area (Å²) < 4.78 is 20.2. The Bertz CT molecular complexity index is 1190. The molecular formula is C22H19Cl2FN4O2. The third kappa shape index (κ3) is 4.03. The molecule has 0 aliphatic carbocycles. The van der Waals surface area contributed by atoms with Crippen molar-refractivity contribution >= 4 is 51.5 Å². The van der Waals surface area contributed by atoms with Gasteiger partial charge in [0.25, 0.3) is 0 Å². The molecule has 1 N–H and O–H groups in total. The van der Waals surface area contributed by atoms with Crippen molar-refractivity contribution in [3.05, 3.63) is 64.7 Å². The normalized spacial score (nSPS) is 15.9. The van der Waals surface area contributed by atoms with E-state index in [9.17, 15) is 9.18 Å². The SMILES string of the molecule is C=CC(=O)N1CCC(c2cc3c(Nc4ccc(Cl)c(Cl)c4F)ncnc3cc2OC)C1. The van der Waals surface area contributed by atoms with Crippen molar-refractivity contribution in [2.45, 2.75) is 12.3 Å². The van der Waals surface area contributed by atoms with Gasteiger partial charge in [0, 0.05) is 30.5 Å². The minimum atomic E-state index is -0.663. The van der Waals surface area contributed by atoms with E-state index in [1.165, 1.54) is 24.5 Å². The maximum Gasteiger partial charge on any atom is 0.245 e. The highest BCUT2D eigenvalue weighted by molar-refractivity contribution is 6.42. The maximum atomic E-state index is 14.6. The number of methoxy groups -OCH3 is 1. The average molecular weight is 461 g/mol. The lowest BCUT2D eigenvalue weighted by atomic mass is 9.95. The van der Waals surface area contributed by atoms with E-state index >= 15 is 0 Å². The zero-order chi connectivity index (χ0) is 22.1. The van der Waals surface area contributed by atoms with Gasteiger partial charge in [-0.3, -0.25) is 4.79 Å². The first-order valence-corrected chi connectivity index (χ1v) is 10.3. The summed E-state index contributed by atoms with van der Waals surface area (Å²) in [4.78, 5) is 22.4. The van der Waals surface area contributed by atoms with Gasteiger partial charge in [-0.1, -0.05) is 29.8 Å². The molecule has 9 heteroatoms. The van der Waals surface area contributed by atoms with Gasteiger partial charge in [-0.2, -0.15) is 0 Å². The molecule has 1 saturated heterocycles. The van der Waals surface area contributed by atoms with E-state index in [4.69, 9.17) is 27.9 Å². The molecule has 1 fully saturated rings. The number of nitrogens with one attached hydrogen (secondary N) is 1. The van der Waals surface area contributed by atoms with E-state index in [1.54, 1.807) is 12.0 Å². The first-order valence-electron chi connectivity index (χ1n) is 9.57. The summed E-state index contributed by atoms with van der Waals surface area (Å²) in [5.41, 5.74) is 1.72. The fourth-order valence-corrected chi connectivity index (χ4v) is 4.10. The zero-order valence-electron chi connectivity index (χ0n) is 16.7. The van der Waals surface area contributed by atoms with E-state index in [0.717, 1.165) is 12.0 Å². The van der Waals surface area contributed by atoms with Crippen molar-refractivity contribution in [3.8, 4) is 5.75 Å². The second-order valence-corrected chi connectivity index (χ2v) is 7.94. The number of carbonyl (C=O) groups is 1. The van der Waals surface area contributed by atoms with Crippen LogP contribution in [0.1, 0.15) is 17.9 Å². The monoisotopic (exact) mass is 460 g/mol. The van der Waals surface area contributed by atoms with Gasteiger partial charge in [0.2, 0.25) is 5.91 Å². The summed E-state index contributed by atoms with van der Waals surface area (Å²) in [7, 11) is 1.59. The molecule has 1 amide bonds. The molecule has 160 valence electrons. The lowest BCUT2D eigenvalue weighted by molar-refractivity contribution is -0.125. The Kier molecular flexibility index (Phi) is 5.98. The number of amides is 1. The molecule has 2 heterocycles. The van der Waals surface area contributed by atoms with Crippen molar-refractivity contribution in [2.75, 3.05) is 25.5 Å². The topological polar surface area (TPSA) is 67.4 Å². The van der Waals surface area contributed by atoms with Crippen molar-refractivity contribution < 1.29 is 13.9 Å². The van der Waals surface area contributed by atoms with Crippen LogP contribution in [0.2, 0.25) is 10.0 Å². The number of rotatable bonds is 5. The molecule has 1 aliphatic rings. The molecule has 6 nitrogen and oxygen atoms in total. The lowest BCUT2D eigenvalue weighted by Gasteiger charge is -2.18. The highest BCUT2D eigenvalue weighted by Crippen LogP contribution is 2.38. The highest BCUT2D eigenvalue weighted by atomic mass is 35.5. The number of hydrogen-bond acceptors (Lipinski definition) is 5. The molecule has 0 bridgehead atoms. The Morgan fingerprint density at radius 1 is 1.35 bits per heavy atom. The molecule has 1 unspecified atom stereocenters. The minimum absolute atomic E-state index is 0.0815. The van der Waals surface area contributed by atoms with Crippen molar-refractivity contribution in [1.82, 2.24) is 14.9 Å². The zero-order valence-corrected chi connectivity index (χ0v) is 18.2. The highest BCUT2D eigenvalue weighted by Gasteiger charge is 2.29. The Balaban J connectivity index is 1.75. The molecule has 3 aromatic rings. The van der Waals surface area contributed by atoms with Crippen LogP contribution in [0, 0.1) is 5.82 Å². The predicted molar refractivity (Wildman–Crippen MR) is 120 cm³/mol. The first-order chi connectivity index (χ1) is 14.9. The number of fused-ring (bicyclic) bond motifs is 1. The second-order valence-electron chi connectivity index (χ2n) is 7.16. The summed E-state index contributed by atoms with van der Waals surface area (Å²) in [6, 6.07) is 6.76. The minimum Gasteiger partial charge on any atom is -0.496 e. The Morgan fingerprint density at radius 2 is 2.16 bits per heavy atom. The fraction of sp³-hybridized carbons (Fsp3) is 0.227. The predicted octanol–water partition coefficient (Wildman–Crippen LogP) is 5.33. The van der Waals surface area contributed by atoms with Gasteiger partial charge in [-0.15, -0.1) is 0 Å². The van der Waals surface area contributed by atoms with E-state index in [1.807, 2.05) is 12.1 Å². The van der Waals surface area contributed by atoms with Gasteiger partial charge in [-0.05, 0) is 36.3 Å². The van der Waals surface area contributed by atoms with E-state index < -0.39 is 5.82 Å². The number of halogens is 3. The number of benzene rings is 2. The van der Waals surface area contributed by atoms with Crippen molar-refractivity contribution in [2.24, 2.45) is 0 Å². The summed E-state index contributed by atoms with van der Waals surface area (Å²) in [5.74, 6) is 0.420. The summed E-state index contributed by atoms with van der Waals surface area (Å²) >= 11 is 11.8. The largest absolute Gasteiger partial charge is 0.496 e. The van der Waals surface area contributed by atoms with Gasteiger partial charge in [0.15, 0.2) is 5.82 Å². The van der Waals surface area contributed by atoms with Crippen LogP contribution in [-0.2, 0) is 4.79 Å². The molecule has 1 aliphatic heterocycles. The van der Waals surface area contributed by atoms with Gasteiger partial charge in [-0.25, -0.2) is 14.4 Å². The van der Waals surface area contributed by atoms with Crippen molar-refractivity contribution in [1.29, 1.82) is 0 Å². The standard InChI is InChI=1S/C22H19Cl2FN4O2/c1-3-19(30)29-7-6-12(10-29)13-8-14-17(9-18(13)31-2)26-11-27-22(14)28-16-5-4-15(23)20(24)21(16)25/h3-5,8-9,11-12H,1,6-7,10H2,2H3,(H,26,27,28). The van der Waals surface area contributed by atoms with Crippen LogP contribution in [0.5, 0.6) is 5.75 Å². The van der Waals surface area contributed by atoms with Crippen LogP contribution >= 0.6 is 23.2 Å². The number of carbonyl (C=O) groups excluding carboxylic acids is 1. The second kappa shape index (κ2) is 8.69. The average Bonchev–Trinajstić information content (AvgIpc) is 3.28. The van der Waals surface area contributed by atoms with Crippen molar-refractivity contribution in [3.63, 3.8) is 0 Å². The number of ether oxygens (including phenoxy) is 1. The molecule has 31 heavy (non-hydrogen) atoms. The van der Waals surface area contributed by atoms with E-state index in [-0.39, 0.29) is 27.6 Å². The maximum absolute atomic E-state index is 14.6. The molecule has 0 saturated carbocycles. The fourth-order valence-electron chi connectivity index (χ4n) is 3.79. The summed E-state index contributed by atoms with van der Waals surface area (Å²) in [6.07, 6.45) is 3.50. The van der Waals surface area contributed by atoms with Gasteiger partial charge in [0.1, 0.15) is 17.9 Å². The molecule has 1 atom stereocenters. The van der Waals surface area contributed by atoms with Crippen LogP contribution in [0.25, 0.3) is 10.9 Å². The summed E-state index contributed by atoms with van der Waals surface area (Å²) in [5, 5.41) is 3.65. The number of aromatic nitrogens is 2. The van der Waals surface area contributed by atoms with Gasteiger partial charge in [0.05, 0.1) is 28.4 Å². The molecule has 1 aromatic heterocycles. The molecule has 0 spiro atoms. The van der Waals surface area contributed by atoms with Gasteiger partial charge >= 0.3 is 0 Å². The number of likely N-dealkylation sites (tertiary alicyclic amines) is 1. The van der Waals surface area contributed by atoms with Crippen LogP contribution in [0.4, 0.5) is 15.9 Å².